The summed E-state index contributed by atoms with van der Waals surface area (Å²) in [4.78, 5) is 16.6. The second-order valence-electron chi connectivity index (χ2n) is 6.44. The van der Waals surface area contributed by atoms with Crippen molar-refractivity contribution in [3.63, 3.8) is 0 Å². The van der Waals surface area contributed by atoms with E-state index in [2.05, 4.69) is 32.7 Å². The highest BCUT2D eigenvalue weighted by molar-refractivity contribution is 5.81. The maximum atomic E-state index is 12.2. The topological polar surface area (TPSA) is 49.6 Å². The number of hydrogen-bond donors (Lipinski definition) is 1. The molecule has 1 aliphatic heterocycles. The molecule has 1 saturated heterocycles. The number of likely N-dealkylation sites (tertiary alicyclic amines) is 1. The molecule has 0 spiro atoms. The minimum atomic E-state index is -0.313. The van der Waals surface area contributed by atoms with Crippen LogP contribution in [0.2, 0.25) is 0 Å². The number of amides is 1. The molecule has 1 fully saturated rings. The van der Waals surface area contributed by atoms with Crippen LogP contribution in [0.3, 0.4) is 0 Å². The molecule has 4 heteroatoms. The highest BCUT2D eigenvalue weighted by Gasteiger charge is 2.29. The lowest BCUT2D eigenvalue weighted by molar-refractivity contribution is -0.132. The van der Waals surface area contributed by atoms with Crippen molar-refractivity contribution < 1.29 is 4.79 Å². The summed E-state index contributed by atoms with van der Waals surface area (Å²) >= 11 is 0. The lowest BCUT2D eigenvalue weighted by Crippen LogP contribution is -2.43. The van der Waals surface area contributed by atoms with Gasteiger partial charge in [-0.15, -0.1) is 0 Å². The Balaban J connectivity index is 2.36. The summed E-state index contributed by atoms with van der Waals surface area (Å²) in [7, 11) is 2.17. The third-order valence-corrected chi connectivity index (χ3v) is 3.82. The minimum absolute atomic E-state index is 0.148. The van der Waals surface area contributed by atoms with Crippen LogP contribution in [0.5, 0.6) is 0 Å². The Morgan fingerprint density at radius 3 is 2.74 bits per heavy atom. The molecule has 0 aliphatic carbocycles. The molecule has 1 amide bonds. The molecule has 0 saturated carbocycles. The first-order valence-corrected chi connectivity index (χ1v) is 7.66. The number of rotatable bonds is 7. The zero-order valence-electron chi connectivity index (χ0n) is 13.1. The van der Waals surface area contributed by atoms with Gasteiger partial charge >= 0.3 is 0 Å². The molecule has 1 unspecified atom stereocenters. The van der Waals surface area contributed by atoms with E-state index < -0.39 is 0 Å². The van der Waals surface area contributed by atoms with Crippen molar-refractivity contribution in [3.05, 3.63) is 0 Å². The molecule has 112 valence electrons. The second kappa shape index (κ2) is 7.85. The molecule has 0 radical (unpaired) electrons. The number of nitrogens with zero attached hydrogens (tertiary/aromatic N) is 2. The highest BCUT2D eigenvalue weighted by atomic mass is 16.2. The molecule has 1 heterocycles. The Kier molecular flexibility index (Phi) is 6.80. The molecule has 2 N–H and O–H groups in total. The van der Waals surface area contributed by atoms with Gasteiger partial charge in [0.2, 0.25) is 5.91 Å². The molecule has 2 atom stereocenters. The zero-order chi connectivity index (χ0) is 14.4. The molecule has 0 aromatic rings. The average Bonchev–Trinajstić information content (AvgIpc) is 2.75. The Bertz CT molecular complexity index is 281. The first-order valence-electron chi connectivity index (χ1n) is 7.66. The normalized spacial score (nSPS) is 21.4. The summed E-state index contributed by atoms with van der Waals surface area (Å²) in [6.07, 6.45) is 3.09. The Hall–Kier alpha value is -0.610. The average molecular weight is 269 g/mol. The quantitative estimate of drug-likeness (QED) is 0.763. The number of nitrogens with two attached hydrogens (primary N) is 1. The summed E-state index contributed by atoms with van der Waals surface area (Å²) in [5.41, 5.74) is 5.99. The second-order valence-corrected chi connectivity index (χ2v) is 6.44. The van der Waals surface area contributed by atoms with Crippen LogP contribution in [0.25, 0.3) is 0 Å². The van der Waals surface area contributed by atoms with Crippen molar-refractivity contribution in [1.82, 2.24) is 9.80 Å². The van der Waals surface area contributed by atoms with E-state index in [0.29, 0.717) is 11.8 Å². The van der Waals surface area contributed by atoms with E-state index in [4.69, 9.17) is 5.73 Å². The Morgan fingerprint density at radius 2 is 2.16 bits per heavy atom. The third kappa shape index (κ3) is 5.49. The van der Waals surface area contributed by atoms with Crippen LogP contribution in [0, 0.1) is 11.8 Å². The number of carbonyl (C=O) groups excluding carboxylic acids is 1. The third-order valence-electron chi connectivity index (χ3n) is 3.82. The standard InChI is InChI=1S/C15H31N3O/c1-5-7-17(4)10-13-6-8-18(11-13)15(19)14(16)9-12(2)3/h12-14H,5-11,16H2,1-4H3/t13?,14-/m0/s1. The van der Waals surface area contributed by atoms with Crippen LogP contribution in [0.1, 0.15) is 40.0 Å². The summed E-state index contributed by atoms with van der Waals surface area (Å²) < 4.78 is 0. The minimum Gasteiger partial charge on any atom is -0.341 e. The smallest absolute Gasteiger partial charge is 0.239 e. The lowest BCUT2D eigenvalue weighted by atomic mass is 10.0. The Labute approximate surface area is 118 Å². The Morgan fingerprint density at radius 1 is 1.47 bits per heavy atom. The first kappa shape index (κ1) is 16.4. The number of hydrogen-bond acceptors (Lipinski definition) is 3. The van der Waals surface area contributed by atoms with Gasteiger partial charge in [0.25, 0.3) is 0 Å². The van der Waals surface area contributed by atoms with Crippen molar-refractivity contribution in [2.75, 3.05) is 33.2 Å². The van der Waals surface area contributed by atoms with Crippen LogP contribution in [-0.4, -0.2) is 55.0 Å². The summed E-state index contributed by atoms with van der Waals surface area (Å²) in [6.45, 7) is 10.4. The molecule has 0 aromatic carbocycles. The van der Waals surface area contributed by atoms with Crippen LogP contribution in [0.15, 0.2) is 0 Å². The van der Waals surface area contributed by atoms with E-state index in [0.717, 1.165) is 39.0 Å². The van der Waals surface area contributed by atoms with E-state index in [1.807, 2.05) is 4.90 Å². The lowest BCUT2D eigenvalue weighted by Gasteiger charge is -2.23. The fraction of sp³-hybridized carbons (Fsp3) is 0.933. The van der Waals surface area contributed by atoms with Crippen molar-refractivity contribution in [2.24, 2.45) is 17.6 Å². The van der Waals surface area contributed by atoms with E-state index in [9.17, 15) is 4.79 Å². The molecule has 1 aliphatic rings. The van der Waals surface area contributed by atoms with E-state index in [1.165, 1.54) is 6.42 Å². The van der Waals surface area contributed by atoms with Crippen molar-refractivity contribution in [1.29, 1.82) is 0 Å². The van der Waals surface area contributed by atoms with E-state index in [-0.39, 0.29) is 11.9 Å². The molecular weight excluding hydrogens is 238 g/mol. The van der Waals surface area contributed by atoms with Gasteiger partial charge in [0.05, 0.1) is 6.04 Å². The summed E-state index contributed by atoms with van der Waals surface area (Å²) in [5.74, 6) is 1.24. The largest absolute Gasteiger partial charge is 0.341 e. The molecule has 1 rings (SSSR count). The van der Waals surface area contributed by atoms with Crippen LogP contribution in [0.4, 0.5) is 0 Å². The maximum absolute atomic E-state index is 12.2. The molecule has 0 bridgehead atoms. The SMILES string of the molecule is CCCN(C)CC1CCN(C(=O)[C@@H](N)CC(C)C)C1. The molecular formula is C15H31N3O. The van der Waals surface area contributed by atoms with Gasteiger partial charge in [-0.25, -0.2) is 0 Å². The molecule has 0 aromatic heterocycles. The van der Waals surface area contributed by atoms with Crippen LogP contribution >= 0.6 is 0 Å². The number of carbonyl (C=O) groups is 1. The van der Waals surface area contributed by atoms with Gasteiger partial charge in [-0.3, -0.25) is 4.79 Å². The van der Waals surface area contributed by atoms with Crippen LogP contribution in [-0.2, 0) is 4.79 Å². The van der Waals surface area contributed by atoms with Crippen LogP contribution < -0.4 is 5.73 Å². The van der Waals surface area contributed by atoms with Crippen molar-refractivity contribution in [3.8, 4) is 0 Å². The van der Waals surface area contributed by atoms with Gasteiger partial charge in [0.1, 0.15) is 0 Å². The van der Waals surface area contributed by atoms with Gasteiger partial charge in [-0.2, -0.15) is 0 Å². The van der Waals surface area contributed by atoms with Crippen molar-refractivity contribution in [2.45, 2.75) is 46.1 Å². The fourth-order valence-electron chi connectivity index (χ4n) is 2.94. The zero-order valence-corrected chi connectivity index (χ0v) is 13.1. The van der Waals surface area contributed by atoms with E-state index in [1.54, 1.807) is 0 Å². The summed E-state index contributed by atoms with van der Waals surface area (Å²) in [5, 5.41) is 0. The predicted molar refractivity (Wildman–Crippen MR) is 79.9 cm³/mol. The van der Waals surface area contributed by atoms with Gasteiger partial charge in [-0.05, 0) is 44.7 Å². The van der Waals surface area contributed by atoms with Gasteiger partial charge in [0, 0.05) is 19.6 Å². The predicted octanol–water partition coefficient (Wildman–Crippen LogP) is 1.55. The highest BCUT2D eigenvalue weighted by Crippen LogP contribution is 2.19. The summed E-state index contributed by atoms with van der Waals surface area (Å²) in [6, 6.07) is -0.313. The van der Waals surface area contributed by atoms with Gasteiger partial charge < -0.3 is 15.5 Å². The fourth-order valence-corrected chi connectivity index (χ4v) is 2.94. The van der Waals surface area contributed by atoms with E-state index >= 15 is 0 Å². The molecule has 19 heavy (non-hydrogen) atoms. The van der Waals surface area contributed by atoms with Crippen molar-refractivity contribution >= 4 is 5.91 Å². The molecule has 4 nitrogen and oxygen atoms in total. The monoisotopic (exact) mass is 269 g/mol. The maximum Gasteiger partial charge on any atom is 0.239 e. The van der Waals surface area contributed by atoms with Gasteiger partial charge in [-0.1, -0.05) is 20.8 Å². The van der Waals surface area contributed by atoms with Gasteiger partial charge in [0.15, 0.2) is 0 Å². The first-order chi connectivity index (χ1) is 8.93.